The van der Waals surface area contributed by atoms with Crippen molar-refractivity contribution in [2.75, 3.05) is 31.2 Å². The second-order valence-corrected chi connectivity index (χ2v) is 8.91. The second kappa shape index (κ2) is 8.29. The van der Waals surface area contributed by atoms with Crippen molar-refractivity contribution in [2.24, 2.45) is 0 Å². The van der Waals surface area contributed by atoms with E-state index in [2.05, 4.69) is 27.2 Å². The second-order valence-electron chi connectivity index (χ2n) is 7.78. The summed E-state index contributed by atoms with van der Waals surface area (Å²) in [4.78, 5) is 13.6. The van der Waals surface area contributed by atoms with Crippen LogP contribution in [0.1, 0.15) is 24.6 Å². The molecule has 0 saturated carbocycles. The summed E-state index contributed by atoms with van der Waals surface area (Å²) in [5.74, 6) is 1.72. The Labute approximate surface area is 178 Å². The van der Waals surface area contributed by atoms with Gasteiger partial charge in [0, 0.05) is 28.9 Å². The Bertz CT molecular complexity index is 1160. The number of aliphatic hydroxyl groups is 1. The number of rotatable bonds is 6. The van der Waals surface area contributed by atoms with E-state index in [0.717, 1.165) is 70.7 Å². The van der Waals surface area contributed by atoms with E-state index in [1.165, 1.54) is 4.88 Å². The van der Waals surface area contributed by atoms with Gasteiger partial charge in [0.1, 0.15) is 0 Å². The lowest BCUT2D eigenvalue weighted by molar-refractivity contribution is 0.122. The number of aromatic amines is 1. The highest BCUT2D eigenvalue weighted by Gasteiger charge is 2.21. The number of aliphatic hydroxyl groups excluding tert-OH is 1. The Kier molecular flexibility index (Phi) is 5.37. The third-order valence-electron chi connectivity index (χ3n) is 5.49. The monoisotopic (exact) mass is 423 g/mol. The Morgan fingerprint density at radius 3 is 2.97 bits per heavy atom. The SMILES string of the molecule is C[C@H](O)CCCc1cc2nc(-c3cccc4[nH]ncc34)nc(N3CCOCC3)c2s1. The molecule has 0 radical (unpaired) electrons. The smallest absolute Gasteiger partial charge is 0.162 e. The fourth-order valence-corrected chi connectivity index (χ4v) is 5.09. The molecule has 0 unspecified atom stereocenters. The zero-order chi connectivity index (χ0) is 20.5. The summed E-state index contributed by atoms with van der Waals surface area (Å²) < 4.78 is 6.69. The first-order valence-corrected chi connectivity index (χ1v) is 11.2. The molecule has 1 aliphatic heterocycles. The molecule has 1 saturated heterocycles. The number of thiophene rings is 1. The lowest BCUT2D eigenvalue weighted by Gasteiger charge is -2.28. The molecule has 30 heavy (non-hydrogen) atoms. The molecule has 0 spiro atoms. The highest BCUT2D eigenvalue weighted by molar-refractivity contribution is 7.19. The van der Waals surface area contributed by atoms with Crippen LogP contribution >= 0.6 is 11.3 Å². The van der Waals surface area contributed by atoms with E-state index in [9.17, 15) is 5.11 Å². The number of nitrogens with one attached hydrogen (secondary N) is 1. The van der Waals surface area contributed by atoms with E-state index in [4.69, 9.17) is 14.7 Å². The molecule has 1 fully saturated rings. The standard InChI is InChI=1S/C22H25N5O2S/c1-14(28)4-2-5-15-12-19-20(30-15)22(27-8-10-29-11-9-27)25-21(24-19)16-6-3-7-18-17(16)13-23-26-18/h3,6-7,12-14,28H,2,4-5,8-11H2,1H3,(H,23,26)/t14-/m0/s1. The van der Waals surface area contributed by atoms with Crippen molar-refractivity contribution >= 4 is 38.3 Å². The van der Waals surface area contributed by atoms with Crippen molar-refractivity contribution in [1.29, 1.82) is 0 Å². The Balaban J connectivity index is 1.60. The highest BCUT2D eigenvalue weighted by Crippen LogP contribution is 2.36. The van der Waals surface area contributed by atoms with Gasteiger partial charge in [0.05, 0.1) is 41.2 Å². The first kappa shape index (κ1) is 19.4. The van der Waals surface area contributed by atoms with Crippen LogP contribution in [0.15, 0.2) is 30.5 Å². The molecule has 1 aliphatic rings. The zero-order valence-electron chi connectivity index (χ0n) is 17.0. The first-order chi connectivity index (χ1) is 14.7. The van der Waals surface area contributed by atoms with Crippen LogP contribution in [0.25, 0.3) is 32.5 Å². The minimum atomic E-state index is -0.259. The number of hydrogen-bond donors (Lipinski definition) is 2. The van der Waals surface area contributed by atoms with E-state index in [1.54, 1.807) is 11.3 Å². The number of benzene rings is 1. The van der Waals surface area contributed by atoms with E-state index in [-0.39, 0.29) is 6.10 Å². The topological polar surface area (TPSA) is 87.2 Å². The summed E-state index contributed by atoms with van der Waals surface area (Å²) in [6, 6.07) is 8.26. The molecule has 0 amide bonds. The largest absolute Gasteiger partial charge is 0.393 e. The fraction of sp³-hybridized carbons (Fsp3) is 0.409. The third-order valence-corrected chi connectivity index (χ3v) is 6.67. The molecule has 5 rings (SSSR count). The van der Waals surface area contributed by atoms with Gasteiger partial charge in [0.2, 0.25) is 0 Å². The molecular formula is C22H25N5O2S. The molecule has 3 aromatic heterocycles. The van der Waals surface area contributed by atoms with E-state index in [1.807, 2.05) is 25.3 Å². The number of ether oxygens (including phenoxy) is 1. The Hall–Kier alpha value is -2.55. The van der Waals surface area contributed by atoms with Gasteiger partial charge in [-0.3, -0.25) is 5.10 Å². The molecule has 156 valence electrons. The Morgan fingerprint density at radius 2 is 2.13 bits per heavy atom. The van der Waals surface area contributed by atoms with Crippen molar-refractivity contribution in [3.05, 3.63) is 35.3 Å². The van der Waals surface area contributed by atoms with Crippen molar-refractivity contribution in [2.45, 2.75) is 32.3 Å². The minimum Gasteiger partial charge on any atom is -0.393 e. The quantitative estimate of drug-likeness (QED) is 0.491. The summed E-state index contributed by atoms with van der Waals surface area (Å²) in [5, 5.41) is 17.8. The van der Waals surface area contributed by atoms with Crippen LogP contribution in [0.5, 0.6) is 0 Å². The minimum absolute atomic E-state index is 0.259. The van der Waals surface area contributed by atoms with E-state index >= 15 is 0 Å². The summed E-state index contributed by atoms with van der Waals surface area (Å²) in [5.41, 5.74) is 2.95. The molecule has 7 nitrogen and oxygen atoms in total. The van der Waals surface area contributed by atoms with Crippen LogP contribution in [-0.4, -0.2) is 57.7 Å². The number of morpholine rings is 1. The van der Waals surface area contributed by atoms with Crippen molar-refractivity contribution < 1.29 is 9.84 Å². The molecule has 1 aromatic carbocycles. The van der Waals surface area contributed by atoms with Gasteiger partial charge in [-0.15, -0.1) is 11.3 Å². The van der Waals surface area contributed by atoms with Crippen molar-refractivity contribution in [3.63, 3.8) is 0 Å². The van der Waals surface area contributed by atoms with Crippen LogP contribution < -0.4 is 4.90 Å². The summed E-state index contributed by atoms with van der Waals surface area (Å²) in [6.45, 7) is 4.93. The Morgan fingerprint density at radius 1 is 1.27 bits per heavy atom. The summed E-state index contributed by atoms with van der Waals surface area (Å²) >= 11 is 1.77. The molecule has 8 heteroatoms. The summed E-state index contributed by atoms with van der Waals surface area (Å²) in [6.07, 6.45) is 4.30. The van der Waals surface area contributed by atoms with Crippen molar-refractivity contribution in [1.82, 2.24) is 20.2 Å². The lowest BCUT2D eigenvalue weighted by Crippen LogP contribution is -2.36. The number of nitrogens with zero attached hydrogens (tertiary/aromatic N) is 4. The lowest BCUT2D eigenvalue weighted by atomic mass is 10.1. The van der Waals surface area contributed by atoms with Gasteiger partial charge >= 0.3 is 0 Å². The van der Waals surface area contributed by atoms with Gasteiger partial charge in [0.15, 0.2) is 11.6 Å². The van der Waals surface area contributed by atoms with Gasteiger partial charge in [-0.05, 0) is 38.3 Å². The maximum atomic E-state index is 9.57. The number of H-pyrrole nitrogens is 1. The van der Waals surface area contributed by atoms with Crippen LogP contribution in [0, 0.1) is 0 Å². The molecule has 4 aromatic rings. The molecule has 0 aliphatic carbocycles. The average Bonchev–Trinajstić information content (AvgIpc) is 3.39. The molecule has 2 N–H and O–H groups in total. The van der Waals surface area contributed by atoms with Gasteiger partial charge in [-0.2, -0.15) is 5.10 Å². The first-order valence-electron chi connectivity index (χ1n) is 10.4. The number of anilines is 1. The van der Waals surface area contributed by atoms with Crippen LogP contribution in [0.3, 0.4) is 0 Å². The van der Waals surface area contributed by atoms with Gasteiger partial charge in [0.25, 0.3) is 0 Å². The average molecular weight is 424 g/mol. The highest BCUT2D eigenvalue weighted by atomic mass is 32.1. The number of aromatic nitrogens is 4. The van der Waals surface area contributed by atoms with Crippen LogP contribution in [0.4, 0.5) is 5.82 Å². The molecule has 4 heterocycles. The zero-order valence-corrected chi connectivity index (χ0v) is 17.8. The maximum Gasteiger partial charge on any atom is 0.162 e. The fourth-order valence-electron chi connectivity index (χ4n) is 3.93. The van der Waals surface area contributed by atoms with Crippen molar-refractivity contribution in [3.8, 4) is 11.4 Å². The van der Waals surface area contributed by atoms with Crippen LogP contribution in [-0.2, 0) is 11.2 Å². The summed E-state index contributed by atoms with van der Waals surface area (Å²) in [7, 11) is 0. The molecule has 1 atom stereocenters. The normalized spacial score (nSPS) is 15.9. The number of fused-ring (bicyclic) bond motifs is 2. The number of aryl methyl sites for hydroxylation is 1. The van der Waals surface area contributed by atoms with Crippen LogP contribution in [0.2, 0.25) is 0 Å². The third kappa shape index (κ3) is 3.78. The maximum absolute atomic E-state index is 9.57. The van der Waals surface area contributed by atoms with Gasteiger partial charge < -0.3 is 14.7 Å². The number of hydrogen-bond acceptors (Lipinski definition) is 7. The molecule has 0 bridgehead atoms. The predicted molar refractivity (Wildman–Crippen MR) is 120 cm³/mol. The van der Waals surface area contributed by atoms with E-state index < -0.39 is 0 Å². The van der Waals surface area contributed by atoms with Gasteiger partial charge in [-0.1, -0.05) is 12.1 Å². The van der Waals surface area contributed by atoms with E-state index in [0.29, 0.717) is 13.2 Å². The van der Waals surface area contributed by atoms with Gasteiger partial charge in [-0.25, -0.2) is 9.97 Å². The molecular weight excluding hydrogens is 398 g/mol. The predicted octanol–water partition coefficient (Wildman–Crippen LogP) is 3.77.